The van der Waals surface area contributed by atoms with E-state index in [1.807, 2.05) is 41.3 Å². The summed E-state index contributed by atoms with van der Waals surface area (Å²) in [5, 5.41) is 0.0236. The summed E-state index contributed by atoms with van der Waals surface area (Å²) in [6, 6.07) is 16.1. The van der Waals surface area contributed by atoms with Gasteiger partial charge in [-0.1, -0.05) is 67.1 Å². The molecule has 1 fully saturated rings. The number of unbranched alkanes of at least 4 members (excludes halogenated alkanes) is 5. The summed E-state index contributed by atoms with van der Waals surface area (Å²) in [4.78, 5) is 14.4. The molecular formula is C23H28BrNO2S. The fourth-order valence-corrected chi connectivity index (χ4v) is 4.79. The van der Waals surface area contributed by atoms with Crippen LogP contribution in [0.1, 0.15) is 56.4 Å². The average Bonchev–Trinajstić information content (AvgIpc) is 3.10. The number of halogens is 1. The van der Waals surface area contributed by atoms with Gasteiger partial charge in [0, 0.05) is 10.2 Å². The fourth-order valence-electron chi connectivity index (χ4n) is 3.35. The normalized spacial score (nSPS) is 16.6. The molecule has 0 radical (unpaired) electrons. The van der Waals surface area contributed by atoms with Gasteiger partial charge in [0.2, 0.25) is 5.91 Å². The molecule has 2 aromatic rings. The number of carbonyl (C=O) groups is 1. The zero-order chi connectivity index (χ0) is 19.8. The molecule has 0 N–H and O–H groups in total. The van der Waals surface area contributed by atoms with Crippen LogP contribution < -0.4 is 9.64 Å². The van der Waals surface area contributed by atoms with Crippen molar-refractivity contribution >= 4 is 39.3 Å². The first kappa shape index (κ1) is 21.3. The van der Waals surface area contributed by atoms with Crippen molar-refractivity contribution in [2.24, 2.45) is 0 Å². The molecule has 0 spiro atoms. The SMILES string of the molecule is CCCCCCCCOc1ccc(N2C(=O)CS[C@H]2c2ccc(Br)cc2)cc1. The van der Waals surface area contributed by atoms with Crippen molar-refractivity contribution in [2.45, 2.75) is 50.8 Å². The zero-order valence-electron chi connectivity index (χ0n) is 16.4. The predicted octanol–water partition coefficient (Wildman–Crippen LogP) is 6.97. The number of ether oxygens (including phenoxy) is 1. The van der Waals surface area contributed by atoms with Gasteiger partial charge in [-0.15, -0.1) is 11.8 Å². The Balaban J connectivity index is 1.55. The van der Waals surface area contributed by atoms with E-state index in [0.717, 1.165) is 34.5 Å². The van der Waals surface area contributed by atoms with Gasteiger partial charge in [-0.05, 0) is 48.4 Å². The lowest BCUT2D eigenvalue weighted by Gasteiger charge is -2.24. The lowest BCUT2D eigenvalue weighted by Crippen LogP contribution is -2.27. The smallest absolute Gasteiger partial charge is 0.238 e. The van der Waals surface area contributed by atoms with Gasteiger partial charge >= 0.3 is 0 Å². The van der Waals surface area contributed by atoms with Crippen LogP contribution in [0.3, 0.4) is 0 Å². The van der Waals surface area contributed by atoms with E-state index in [1.54, 1.807) is 11.8 Å². The highest BCUT2D eigenvalue weighted by Gasteiger charge is 2.33. The number of carbonyl (C=O) groups excluding carboxylic acids is 1. The van der Waals surface area contributed by atoms with Crippen molar-refractivity contribution in [2.75, 3.05) is 17.3 Å². The number of amides is 1. The van der Waals surface area contributed by atoms with Crippen LogP contribution in [0.4, 0.5) is 5.69 Å². The van der Waals surface area contributed by atoms with E-state index in [9.17, 15) is 4.79 Å². The van der Waals surface area contributed by atoms with Gasteiger partial charge in [0.25, 0.3) is 0 Å². The van der Waals surface area contributed by atoms with Crippen molar-refractivity contribution in [3.8, 4) is 5.75 Å². The second kappa shape index (κ2) is 10.9. The maximum atomic E-state index is 12.5. The Morgan fingerprint density at radius 1 is 1.00 bits per heavy atom. The third kappa shape index (κ3) is 5.77. The van der Waals surface area contributed by atoms with Gasteiger partial charge in [0.1, 0.15) is 11.1 Å². The maximum absolute atomic E-state index is 12.5. The molecule has 1 heterocycles. The van der Waals surface area contributed by atoms with Crippen molar-refractivity contribution in [3.05, 3.63) is 58.6 Å². The first-order chi connectivity index (χ1) is 13.7. The van der Waals surface area contributed by atoms with E-state index < -0.39 is 0 Å². The highest BCUT2D eigenvalue weighted by molar-refractivity contribution is 9.10. The number of hydrogen-bond donors (Lipinski definition) is 0. The third-order valence-electron chi connectivity index (χ3n) is 4.90. The van der Waals surface area contributed by atoms with Crippen molar-refractivity contribution in [3.63, 3.8) is 0 Å². The Morgan fingerprint density at radius 2 is 1.68 bits per heavy atom. The first-order valence-electron chi connectivity index (χ1n) is 10.1. The quantitative estimate of drug-likeness (QED) is 0.357. The van der Waals surface area contributed by atoms with E-state index in [0.29, 0.717) is 5.75 Å². The number of hydrogen-bond acceptors (Lipinski definition) is 3. The van der Waals surface area contributed by atoms with E-state index in [1.165, 1.54) is 32.1 Å². The summed E-state index contributed by atoms with van der Waals surface area (Å²) in [6.07, 6.45) is 7.56. The van der Waals surface area contributed by atoms with E-state index in [2.05, 4.69) is 35.0 Å². The second-order valence-electron chi connectivity index (χ2n) is 7.09. The van der Waals surface area contributed by atoms with Crippen molar-refractivity contribution in [1.29, 1.82) is 0 Å². The number of anilines is 1. The van der Waals surface area contributed by atoms with Crippen LogP contribution in [0.2, 0.25) is 0 Å². The molecule has 0 saturated carbocycles. The van der Waals surface area contributed by atoms with Gasteiger partial charge in [0.15, 0.2) is 0 Å². The topological polar surface area (TPSA) is 29.5 Å². The molecule has 0 unspecified atom stereocenters. The van der Waals surface area contributed by atoms with Crippen LogP contribution in [-0.2, 0) is 4.79 Å². The molecular weight excluding hydrogens is 434 g/mol. The Hall–Kier alpha value is -1.46. The standard InChI is InChI=1S/C23H28BrNO2S/c1-2-3-4-5-6-7-16-27-21-14-12-20(13-15-21)25-22(26)17-28-23(25)18-8-10-19(24)11-9-18/h8-15,23H,2-7,16-17H2,1H3/t23-/m0/s1. The molecule has 1 saturated heterocycles. The molecule has 1 amide bonds. The molecule has 5 heteroatoms. The van der Waals surface area contributed by atoms with Crippen LogP contribution in [0.5, 0.6) is 5.75 Å². The van der Waals surface area contributed by atoms with Gasteiger partial charge in [-0.2, -0.15) is 0 Å². The highest BCUT2D eigenvalue weighted by Crippen LogP contribution is 2.42. The molecule has 28 heavy (non-hydrogen) atoms. The largest absolute Gasteiger partial charge is 0.494 e. The van der Waals surface area contributed by atoms with Crippen molar-refractivity contribution < 1.29 is 9.53 Å². The number of benzene rings is 2. The van der Waals surface area contributed by atoms with Crippen LogP contribution >= 0.6 is 27.7 Å². The zero-order valence-corrected chi connectivity index (χ0v) is 18.8. The number of rotatable bonds is 10. The molecule has 1 aliphatic heterocycles. The summed E-state index contributed by atoms with van der Waals surface area (Å²) < 4.78 is 6.91. The van der Waals surface area contributed by atoms with Gasteiger partial charge in [-0.3, -0.25) is 9.69 Å². The molecule has 150 valence electrons. The van der Waals surface area contributed by atoms with E-state index >= 15 is 0 Å². The Bertz CT molecular complexity index is 748. The summed E-state index contributed by atoms with van der Waals surface area (Å²) in [5.74, 6) is 1.53. The monoisotopic (exact) mass is 461 g/mol. The molecule has 1 aliphatic rings. The fraction of sp³-hybridized carbons (Fsp3) is 0.435. The molecule has 3 nitrogen and oxygen atoms in total. The molecule has 1 atom stereocenters. The van der Waals surface area contributed by atoms with Crippen LogP contribution in [0, 0.1) is 0 Å². The van der Waals surface area contributed by atoms with Gasteiger partial charge < -0.3 is 4.74 Å². The average molecular weight is 462 g/mol. The summed E-state index contributed by atoms with van der Waals surface area (Å²) in [6.45, 7) is 2.99. The summed E-state index contributed by atoms with van der Waals surface area (Å²) in [7, 11) is 0. The predicted molar refractivity (Wildman–Crippen MR) is 122 cm³/mol. The number of nitrogens with zero attached hydrogens (tertiary/aromatic N) is 1. The lowest BCUT2D eigenvalue weighted by molar-refractivity contribution is -0.115. The molecule has 0 bridgehead atoms. The molecule has 0 aliphatic carbocycles. The highest BCUT2D eigenvalue weighted by atomic mass is 79.9. The molecule has 2 aromatic carbocycles. The Labute approximate surface area is 181 Å². The van der Waals surface area contributed by atoms with Crippen LogP contribution in [0.25, 0.3) is 0 Å². The lowest BCUT2D eigenvalue weighted by atomic mass is 10.1. The van der Waals surface area contributed by atoms with Gasteiger partial charge in [-0.25, -0.2) is 0 Å². The van der Waals surface area contributed by atoms with Crippen LogP contribution in [-0.4, -0.2) is 18.3 Å². The van der Waals surface area contributed by atoms with Crippen LogP contribution in [0.15, 0.2) is 53.0 Å². The van der Waals surface area contributed by atoms with Crippen molar-refractivity contribution in [1.82, 2.24) is 0 Å². The summed E-state index contributed by atoms with van der Waals surface area (Å²) >= 11 is 5.15. The minimum Gasteiger partial charge on any atom is -0.494 e. The van der Waals surface area contributed by atoms with E-state index in [-0.39, 0.29) is 11.3 Å². The van der Waals surface area contributed by atoms with E-state index in [4.69, 9.17) is 4.74 Å². The minimum absolute atomic E-state index is 0.0236. The first-order valence-corrected chi connectivity index (χ1v) is 11.9. The Kier molecular flexibility index (Phi) is 8.28. The minimum atomic E-state index is 0.0236. The van der Waals surface area contributed by atoms with Gasteiger partial charge in [0.05, 0.1) is 12.4 Å². The maximum Gasteiger partial charge on any atom is 0.238 e. The second-order valence-corrected chi connectivity index (χ2v) is 9.07. The number of thioether (sulfide) groups is 1. The molecule has 3 rings (SSSR count). The molecule has 0 aromatic heterocycles. The Morgan fingerprint density at radius 3 is 2.39 bits per heavy atom. The third-order valence-corrected chi connectivity index (χ3v) is 6.65. The summed E-state index contributed by atoms with van der Waals surface area (Å²) in [5.41, 5.74) is 2.07.